The molecule has 0 saturated heterocycles. The van der Waals surface area contributed by atoms with E-state index in [9.17, 15) is 0 Å². The van der Waals surface area contributed by atoms with Gasteiger partial charge in [-0.2, -0.15) is 0 Å². The lowest BCUT2D eigenvalue weighted by Gasteiger charge is -2.08. The molecule has 0 unspecified atom stereocenters. The fraction of sp³-hybridized carbons (Fsp3) is 0. The average molecular weight is 333 g/mol. The number of rotatable bonds is 2. The van der Waals surface area contributed by atoms with Crippen molar-refractivity contribution in [3.63, 3.8) is 0 Å². The van der Waals surface area contributed by atoms with Crippen LogP contribution in [0.4, 0.5) is 0 Å². The molecule has 5 aromatic rings. The highest BCUT2D eigenvalue weighted by Crippen LogP contribution is 2.29. The number of hydrogen-bond acceptors (Lipinski definition) is 3. The van der Waals surface area contributed by atoms with Crippen molar-refractivity contribution in [3.05, 3.63) is 91.3 Å². The number of para-hydroxylation sites is 1. The molecule has 2 heterocycles. The Balaban J connectivity index is 1.72. The molecule has 5 rings (SSSR count). The normalized spacial score (nSPS) is 11.1. The van der Waals surface area contributed by atoms with Crippen LogP contribution in [0.25, 0.3) is 44.3 Å². The van der Waals surface area contributed by atoms with E-state index in [0.29, 0.717) is 0 Å². The summed E-state index contributed by atoms with van der Waals surface area (Å²) in [5, 5.41) is 3.45. The molecule has 122 valence electrons. The fourth-order valence-corrected chi connectivity index (χ4v) is 3.37. The maximum Gasteiger partial charge on any atom is 0.160 e. The summed E-state index contributed by atoms with van der Waals surface area (Å²) in [5.41, 5.74) is 3.90. The molecule has 3 nitrogen and oxygen atoms in total. The highest BCUT2D eigenvalue weighted by molar-refractivity contribution is 5.96. The predicted molar refractivity (Wildman–Crippen MR) is 106 cm³/mol. The Hall–Kier alpha value is -3.59. The number of pyridine rings is 1. The van der Waals surface area contributed by atoms with E-state index < -0.39 is 0 Å². The van der Waals surface area contributed by atoms with E-state index in [1.807, 2.05) is 48.8 Å². The van der Waals surface area contributed by atoms with Crippen LogP contribution in [0, 0.1) is 0 Å². The Labute approximate surface area is 151 Å². The molecule has 0 aliphatic heterocycles. The highest BCUT2D eigenvalue weighted by atomic mass is 14.9. The van der Waals surface area contributed by atoms with E-state index >= 15 is 0 Å². The maximum absolute atomic E-state index is 4.86. The summed E-state index contributed by atoms with van der Waals surface area (Å²) in [6.45, 7) is 0. The lowest BCUT2D eigenvalue weighted by Crippen LogP contribution is -1.93. The second kappa shape index (κ2) is 6.05. The molecule has 0 saturated carbocycles. The van der Waals surface area contributed by atoms with Gasteiger partial charge < -0.3 is 0 Å². The van der Waals surface area contributed by atoms with Crippen LogP contribution in [-0.4, -0.2) is 15.0 Å². The molecular formula is C23H15N3. The summed E-state index contributed by atoms with van der Waals surface area (Å²) in [7, 11) is 0. The molecule has 3 heteroatoms. The Morgan fingerprint density at radius 2 is 1.31 bits per heavy atom. The fourth-order valence-electron chi connectivity index (χ4n) is 3.37. The molecule has 0 fully saturated rings. The summed E-state index contributed by atoms with van der Waals surface area (Å²) in [5.74, 6) is 0.729. The zero-order valence-corrected chi connectivity index (χ0v) is 14.0. The van der Waals surface area contributed by atoms with Crippen LogP contribution in [0.15, 0.2) is 91.3 Å². The average Bonchev–Trinajstić information content (AvgIpc) is 2.73. The van der Waals surface area contributed by atoms with Crippen LogP contribution in [0.5, 0.6) is 0 Å². The summed E-state index contributed by atoms with van der Waals surface area (Å²) >= 11 is 0. The first kappa shape index (κ1) is 14.7. The van der Waals surface area contributed by atoms with Gasteiger partial charge in [-0.15, -0.1) is 0 Å². The van der Waals surface area contributed by atoms with Gasteiger partial charge in [0, 0.05) is 28.9 Å². The van der Waals surface area contributed by atoms with Gasteiger partial charge in [0.05, 0.1) is 11.2 Å². The largest absolute Gasteiger partial charge is 0.256 e. The number of hydrogen-bond donors (Lipinski definition) is 0. The molecule has 0 bridgehead atoms. The standard InChI is InChI=1S/C23H15N3/c1-2-10-18-16(6-1)7-3-11-19(18)23-25-15-13-21(26-23)20-12-4-8-17-9-5-14-24-22(17)20/h1-15H. The van der Waals surface area contributed by atoms with Crippen molar-refractivity contribution < 1.29 is 0 Å². The van der Waals surface area contributed by atoms with Crippen molar-refractivity contribution in [3.8, 4) is 22.6 Å². The molecule has 2 aromatic heterocycles. The van der Waals surface area contributed by atoms with E-state index in [1.54, 1.807) is 0 Å². The van der Waals surface area contributed by atoms with Gasteiger partial charge in [-0.1, -0.05) is 66.7 Å². The monoisotopic (exact) mass is 333 g/mol. The maximum atomic E-state index is 4.86. The van der Waals surface area contributed by atoms with Crippen molar-refractivity contribution in [1.82, 2.24) is 15.0 Å². The van der Waals surface area contributed by atoms with Crippen LogP contribution in [0.1, 0.15) is 0 Å². The third-order valence-corrected chi connectivity index (χ3v) is 4.59. The van der Waals surface area contributed by atoms with Gasteiger partial charge in [-0.3, -0.25) is 4.98 Å². The summed E-state index contributed by atoms with van der Waals surface area (Å²) in [6.07, 6.45) is 3.64. The topological polar surface area (TPSA) is 38.7 Å². The van der Waals surface area contributed by atoms with Gasteiger partial charge in [0.15, 0.2) is 5.82 Å². The minimum absolute atomic E-state index is 0.729. The number of fused-ring (bicyclic) bond motifs is 2. The second-order valence-corrected chi connectivity index (χ2v) is 6.17. The van der Waals surface area contributed by atoms with Crippen LogP contribution in [0.2, 0.25) is 0 Å². The number of benzene rings is 3. The van der Waals surface area contributed by atoms with Crippen molar-refractivity contribution in [2.45, 2.75) is 0 Å². The zero-order valence-electron chi connectivity index (χ0n) is 14.0. The number of nitrogens with zero attached hydrogens (tertiary/aromatic N) is 3. The Morgan fingerprint density at radius 1 is 0.538 bits per heavy atom. The Kier molecular flexibility index (Phi) is 3.42. The molecule has 0 spiro atoms. The van der Waals surface area contributed by atoms with Gasteiger partial charge >= 0.3 is 0 Å². The Bertz CT molecular complexity index is 1140. The molecule has 0 atom stereocenters. The molecule has 0 aliphatic carbocycles. The lowest BCUT2D eigenvalue weighted by molar-refractivity contribution is 1.18. The molecule has 0 aliphatic rings. The first-order chi connectivity index (χ1) is 12.9. The van der Waals surface area contributed by atoms with Crippen LogP contribution < -0.4 is 0 Å². The second-order valence-electron chi connectivity index (χ2n) is 6.17. The summed E-state index contributed by atoms with van der Waals surface area (Å²) in [6, 6.07) is 26.7. The predicted octanol–water partition coefficient (Wildman–Crippen LogP) is 5.51. The van der Waals surface area contributed by atoms with Gasteiger partial charge in [0.1, 0.15) is 0 Å². The van der Waals surface area contributed by atoms with E-state index in [2.05, 4.69) is 52.4 Å². The van der Waals surface area contributed by atoms with Gasteiger partial charge in [-0.25, -0.2) is 9.97 Å². The zero-order chi connectivity index (χ0) is 17.3. The van der Waals surface area contributed by atoms with Crippen molar-refractivity contribution in [2.75, 3.05) is 0 Å². The van der Waals surface area contributed by atoms with Crippen molar-refractivity contribution >= 4 is 21.7 Å². The van der Waals surface area contributed by atoms with E-state index in [4.69, 9.17) is 4.98 Å². The lowest BCUT2D eigenvalue weighted by atomic mass is 10.0. The van der Waals surface area contributed by atoms with Crippen molar-refractivity contribution in [1.29, 1.82) is 0 Å². The minimum atomic E-state index is 0.729. The van der Waals surface area contributed by atoms with Gasteiger partial charge in [0.25, 0.3) is 0 Å². The van der Waals surface area contributed by atoms with E-state index in [0.717, 1.165) is 38.9 Å². The molecule has 0 N–H and O–H groups in total. The SMILES string of the molecule is c1ccc2c(-c3nccc(-c4cccc5cccnc45)n3)cccc2c1. The highest BCUT2D eigenvalue weighted by Gasteiger charge is 2.10. The van der Waals surface area contributed by atoms with Crippen LogP contribution in [-0.2, 0) is 0 Å². The van der Waals surface area contributed by atoms with Crippen LogP contribution >= 0.6 is 0 Å². The molecule has 0 radical (unpaired) electrons. The van der Waals surface area contributed by atoms with Crippen LogP contribution in [0.3, 0.4) is 0 Å². The summed E-state index contributed by atoms with van der Waals surface area (Å²) in [4.78, 5) is 13.9. The third kappa shape index (κ3) is 2.42. The van der Waals surface area contributed by atoms with Gasteiger partial charge in [0.2, 0.25) is 0 Å². The van der Waals surface area contributed by atoms with Crippen molar-refractivity contribution in [2.24, 2.45) is 0 Å². The smallest absolute Gasteiger partial charge is 0.160 e. The van der Waals surface area contributed by atoms with Gasteiger partial charge in [-0.05, 0) is 22.9 Å². The van der Waals surface area contributed by atoms with E-state index in [1.165, 1.54) is 5.39 Å². The summed E-state index contributed by atoms with van der Waals surface area (Å²) < 4.78 is 0. The quantitative estimate of drug-likeness (QED) is 0.427. The third-order valence-electron chi connectivity index (χ3n) is 4.59. The Morgan fingerprint density at radius 3 is 2.27 bits per heavy atom. The minimum Gasteiger partial charge on any atom is -0.256 e. The molecule has 0 amide bonds. The molecule has 26 heavy (non-hydrogen) atoms. The molecular weight excluding hydrogens is 318 g/mol. The number of aromatic nitrogens is 3. The molecule has 3 aromatic carbocycles. The first-order valence-electron chi connectivity index (χ1n) is 8.55. The van der Waals surface area contributed by atoms with E-state index in [-0.39, 0.29) is 0 Å². The first-order valence-corrected chi connectivity index (χ1v) is 8.55.